The topological polar surface area (TPSA) is 38.9 Å². The normalized spacial score (nSPS) is 12.7. The predicted octanol–water partition coefficient (Wildman–Crippen LogP) is 4.08. The summed E-state index contributed by atoms with van der Waals surface area (Å²) < 4.78 is 2.12. The monoisotopic (exact) mass is 314 g/mol. The fourth-order valence-electron chi connectivity index (χ4n) is 1.24. The minimum absolute atomic E-state index is 0.0650. The van der Waals surface area contributed by atoms with Gasteiger partial charge in [-0.1, -0.05) is 17.8 Å². The molecule has 1 aromatic carbocycles. The summed E-state index contributed by atoms with van der Waals surface area (Å²) in [6.07, 6.45) is 1.82. The Labute approximate surface area is 111 Å². The van der Waals surface area contributed by atoms with Gasteiger partial charge in [0.1, 0.15) is 0 Å². The molecule has 84 valence electrons. The third-order valence-corrected chi connectivity index (χ3v) is 4.97. The molecule has 0 spiro atoms. The van der Waals surface area contributed by atoms with Gasteiger partial charge in [0.05, 0.1) is 0 Å². The Hall–Kier alpha value is -0.360. The number of halogens is 1. The highest BCUT2D eigenvalue weighted by molar-refractivity contribution is 9.10. The molecular weight excluding hydrogens is 304 g/mol. The molecule has 1 aromatic heterocycles. The maximum absolute atomic E-state index is 5.83. The van der Waals surface area contributed by atoms with Gasteiger partial charge in [0.2, 0.25) is 0 Å². The minimum Gasteiger partial charge on any atom is -0.324 e. The van der Waals surface area contributed by atoms with E-state index in [-0.39, 0.29) is 6.04 Å². The van der Waals surface area contributed by atoms with Crippen LogP contribution in [0.15, 0.2) is 43.5 Å². The van der Waals surface area contributed by atoms with Gasteiger partial charge in [0, 0.05) is 27.0 Å². The molecule has 0 aliphatic carbocycles. The predicted molar refractivity (Wildman–Crippen MR) is 73.0 cm³/mol. The van der Waals surface area contributed by atoms with Crippen molar-refractivity contribution in [3.8, 4) is 0 Å². The Morgan fingerprint density at radius 1 is 1.50 bits per heavy atom. The zero-order valence-corrected chi connectivity index (χ0v) is 11.9. The quantitative estimate of drug-likeness (QED) is 0.928. The fraction of sp³-hybridized carbons (Fsp3) is 0.182. The molecule has 5 heteroatoms. The summed E-state index contributed by atoms with van der Waals surface area (Å²) in [4.78, 5) is 5.41. The molecule has 1 atom stereocenters. The number of rotatable bonds is 3. The van der Waals surface area contributed by atoms with E-state index in [0.29, 0.717) is 0 Å². The molecule has 2 aromatic rings. The molecule has 2 rings (SSSR count). The van der Waals surface area contributed by atoms with Crippen molar-refractivity contribution in [1.82, 2.24) is 4.98 Å². The van der Waals surface area contributed by atoms with Crippen molar-refractivity contribution >= 4 is 39.0 Å². The lowest BCUT2D eigenvalue weighted by Gasteiger charge is -2.08. The number of hydrogen-bond donors (Lipinski definition) is 1. The molecule has 2 N–H and O–H groups in total. The Morgan fingerprint density at radius 2 is 2.31 bits per heavy atom. The molecule has 1 heterocycles. The van der Waals surface area contributed by atoms with Crippen molar-refractivity contribution in [3.05, 3.63) is 39.8 Å². The third-order valence-electron chi connectivity index (χ3n) is 2.09. The summed E-state index contributed by atoms with van der Waals surface area (Å²) in [5.74, 6) is 0. The summed E-state index contributed by atoms with van der Waals surface area (Å²) in [5, 5.41) is 1.98. The van der Waals surface area contributed by atoms with Crippen LogP contribution >= 0.6 is 39.0 Å². The van der Waals surface area contributed by atoms with E-state index in [0.717, 1.165) is 14.4 Å². The number of nitrogens with zero attached hydrogens (tertiary/aromatic N) is 1. The van der Waals surface area contributed by atoms with Gasteiger partial charge in [-0.05, 0) is 40.5 Å². The van der Waals surface area contributed by atoms with Crippen LogP contribution in [0, 0.1) is 0 Å². The van der Waals surface area contributed by atoms with E-state index in [4.69, 9.17) is 5.73 Å². The van der Waals surface area contributed by atoms with Gasteiger partial charge in [-0.15, -0.1) is 11.3 Å². The standard InChI is InChI=1S/C11H11BrN2S2/c1-7(13)8-2-3-10(9(12)6-8)16-11-14-4-5-15-11/h2-7H,13H2,1H3/t7-/m1/s1. The number of hydrogen-bond acceptors (Lipinski definition) is 4. The summed E-state index contributed by atoms with van der Waals surface area (Å²) in [6.45, 7) is 1.98. The van der Waals surface area contributed by atoms with Crippen LogP contribution in [0.3, 0.4) is 0 Å². The van der Waals surface area contributed by atoms with Crippen LogP contribution in [-0.4, -0.2) is 4.98 Å². The SMILES string of the molecule is C[C@@H](N)c1ccc(Sc2nccs2)c(Br)c1. The second kappa shape index (κ2) is 5.31. The molecule has 16 heavy (non-hydrogen) atoms. The van der Waals surface area contributed by atoms with E-state index < -0.39 is 0 Å². The molecule has 2 nitrogen and oxygen atoms in total. The zero-order valence-electron chi connectivity index (χ0n) is 8.68. The average Bonchev–Trinajstić information content (AvgIpc) is 2.73. The van der Waals surface area contributed by atoms with Gasteiger partial charge in [-0.2, -0.15) is 0 Å². The third kappa shape index (κ3) is 2.85. The largest absolute Gasteiger partial charge is 0.324 e. The summed E-state index contributed by atoms with van der Waals surface area (Å²) in [5.41, 5.74) is 6.97. The second-order valence-electron chi connectivity index (χ2n) is 3.38. The molecule has 0 aliphatic heterocycles. The lowest BCUT2D eigenvalue weighted by atomic mass is 10.1. The molecule has 0 fully saturated rings. The summed E-state index contributed by atoms with van der Waals surface area (Å²) >= 11 is 6.87. The number of aromatic nitrogens is 1. The fourth-order valence-corrected chi connectivity index (χ4v) is 3.46. The highest BCUT2D eigenvalue weighted by Crippen LogP contribution is 2.35. The highest BCUT2D eigenvalue weighted by atomic mass is 79.9. The van der Waals surface area contributed by atoms with Crippen LogP contribution in [0.2, 0.25) is 0 Å². The highest BCUT2D eigenvalue weighted by Gasteiger charge is 2.07. The Bertz CT molecular complexity index is 469. The van der Waals surface area contributed by atoms with Crippen molar-refractivity contribution in [2.45, 2.75) is 22.2 Å². The lowest BCUT2D eigenvalue weighted by Crippen LogP contribution is -2.04. The van der Waals surface area contributed by atoms with E-state index in [9.17, 15) is 0 Å². The van der Waals surface area contributed by atoms with Gasteiger partial charge in [0.25, 0.3) is 0 Å². The molecule has 0 aliphatic rings. The van der Waals surface area contributed by atoms with Gasteiger partial charge in [-0.3, -0.25) is 0 Å². The first-order chi connectivity index (χ1) is 7.66. The van der Waals surface area contributed by atoms with E-state index in [1.165, 1.54) is 4.90 Å². The van der Waals surface area contributed by atoms with Crippen LogP contribution in [0.5, 0.6) is 0 Å². The molecular formula is C11H11BrN2S2. The van der Waals surface area contributed by atoms with Crippen molar-refractivity contribution in [1.29, 1.82) is 0 Å². The van der Waals surface area contributed by atoms with Crippen molar-refractivity contribution in [3.63, 3.8) is 0 Å². The Balaban J connectivity index is 2.23. The number of nitrogens with two attached hydrogens (primary N) is 1. The van der Waals surface area contributed by atoms with Gasteiger partial charge in [0.15, 0.2) is 4.34 Å². The van der Waals surface area contributed by atoms with Crippen LogP contribution in [0.1, 0.15) is 18.5 Å². The summed E-state index contributed by atoms with van der Waals surface area (Å²) in [6, 6.07) is 6.27. The minimum atomic E-state index is 0.0650. The number of benzene rings is 1. The molecule has 0 amide bonds. The van der Waals surface area contributed by atoms with Crippen molar-refractivity contribution in [2.75, 3.05) is 0 Å². The maximum Gasteiger partial charge on any atom is 0.154 e. The first kappa shape index (κ1) is 12.1. The summed E-state index contributed by atoms with van der Waals surface area (Å²) in [7, 11) is 0. The molecule has 0 saturated carbocycles. The van der Waals surface area contributed by atoms with Crippen LogP contribution in [0.25, 0.3) is 0 Å². The maximum atomic E-state index is 5.83. The van der Waals surface area contributed by atoms with E-state index in [1.54, 1.807) is 23.1 Å². The molecule has 0 radical (unpaired) electrons. The van der Waals surface area contributed by atoms with Crippen LogP contribution in [0.4, 0.5) is 0 Å². The van der Waals surface area contributed by atoms with E-state index in [1.807, 2.05) is 18.5 Å². The molecule has 0 saturated heterocycles. The molecule has 0 bridgehead atoms. The average molecular weight is 315 g/mol. The van der Waals surface area contributed by atoms with Crippen molar-refractivity contribution in [2.24, 2.45) is 5.73 Å². The number of thiazole rings is 1. The van der Waals surface area contributed by atoms with Gasteiger partial charge >= 0.3 is 0 Å². The Kier molecular flexibility index (Phi) is 4.02. The van der Waals surface area contributed by atoms with E-state index in [2.05, 4.69) is 39.1 Å². The Morgan fingerprint density at radius 3 is 2.88 bits per heavy atom. The first-order valence-electron chi connectivity index (χ1n) is 4.79. The van der Waals surface area contributed by atoms with Gasteiger partial charge in [-0.25, -0.2) is 4.98 Å². The smallest absolute Gasteiger partial charge is 0.154 e. The van der Waals surface area contributed by atoms with E-state index >= 15 is 0 Å². The molecule has 0 unspecified atom stereocenters. The van der Waals surface area contributed by atoms with Crippen LogP contribution in [-0.2, 0) is 0 Å². The first-order valence-corrected chi connectivity index (χ1v) is 7.28. The van der Waals surface area contributed by atoms with Crippen LogP contribution < -0.4 is 5.73 Å². The lowest BCUT2D eigenvalue weighted by molar-refractivity contribution is 0.815. The van der Waals surface area contributed by atoms with Gasteiger partial charge < -0.3 is 5.73 Å². The van der Waals surface area contributed by atoms with Crippen molar-refractivity contribution < 1.29 is 0 Å². The zero-order chi connectivity index (χ0) is 11.5. The second-order valence-corrected chi connectivity index (χ2v) is 6.42.